The summed E-state index contributed by atoms with van der Waals surface area (Å²) in [6.45, 7) is 1.62. The maximum Gasteiger partial charge on any atom is 0.241 e. The van der Waals surface area contributed by atoms with Gasteiger partial charge in [0.2, 0.25) is 11.8 Å². The fourth-order valence-electron chi connectivity index (χ4n) is 3.39. The molecule has 5 heteroatoms. The van der Waals surface area contributed by atoms with Crippen LogP contribution in [0, 0.1) is 5.92 Å². The van der Waals surface area contributed by atoms with E-state index in [-0.39, 0.29) is 24.4 Å². The van der Waals surface area contributed by atoms with E-state index in [2.05, 4.69) is 15.5 Å². The topological polar surface area (TPSA) is 61.4 Å². The van der Waals surface area contributed by atoms with Crippen molar-refractivity contribution in [1.82, 2.24) is 15.5 Å². The second kappa shape index (κ2) is 6.12. The molecule has 0 spiro atoms. The number of hydrogen-bond donors (Lipinski definition) is 2. The normalized spacial score (nSPS) is 28.0. The van der Waals surface area contributed by atoms with Crippen molar-refractivity contribution >= 4 is 11.8 Å². The summed E-state index contributed by atoms with van der Waals surface area (Å²) in [4.78, 5) is 25.9. The van der Waals surface area contributed by atoms with Gasteiger partial charge in [-0.25, -0.2) is 0 Å². The monoisotopic (exact) mass is 279 g/mol. The van der Waals surface area contributed by atoms with Crippen molar-refractivity contribution in [1.29, 1.82) is 0 Å². The lowest BCUT2D eigenvalue weighted by Crippen LogP contribution is -2.59. The van der Waals surface area contributed by atoms with Crippen LogP contribution in [-0.4, -0.2) is 48.4 Å². The molecule has 2 N–H and O–H groups in total. The Labute approximate surface area is 120 Å². The summed E-state index contributed by atoms with van der Waals surface area (Å²) in [6.07, 6.45) is 8.82. The first kappa shape index (κ1) is 13.9. The van der Waals surface area contributed by atoms with Gasteiger partial charge in [0.05, 0.1) is 6.54 Å². The first-order chi connectivity index (χ1) is 9.74. The molecule has 3 fully saturated rings. The Bertz CT molecular complexity index is 365. The Morgan fingerprint density at radius 3 is 2.50 bits per heavy atom. The molecule has 0 bridgehead atoms. The number of amides is 2. The molecule has 3 aliphatic rings. The average Bonchev–Trinajstić information content (AvgIpc) is 3.30. The van der Waals surface area contributed by atoms with E-state index in [0.29, 0.717) is 18.5 Å². The van der Waals surface area contributed by atoms with Gasteiger partial charge in [-0.1, -0.05) is 19.3 Å². The first-order valence-electron chi connectivity index (χ1n) is 8.04. The van der Waals surface area contributed by atoms with Gasteiger partial charge < -0.3 is 10.2 Å². The molecule has 1 unspecified atom stereocenters. The van der Waals surface area contributed by atoms with Crippen molar-refractivity contribution in [2.45, 2.75) is 57.0 Å². The van der Waals surface area contributed by atoms with E-state index in [4.69, 9.17) is 0 Å². The van der Waals surface area contributed by atoms with Gasteiger partial charge in [0.1, 0.15) is 6.04 Å². The second-order valence-electron chi connectivity index (χ2n) is 6.46. The van der Waals surface area contributed by atoms with Crippen LogP contribution in [0.2, 0.25) is 0 Å². The molecule has 20 heavy (non-hydrogen) atoms. The van der Waals surface area contributed by atoms with E-state index in [1.807, 2.05) is 0 Å². The van der Waals surface area contributed by atoms with Crippen molar-refractivity contribution in [2.24, 2.45) is 5.92 Å². The maximum absolute atomic E-state index is 12.7. The molecule has 3 rings (SSSR count). The van der Waals surface area contributed by atoms with Gasteiger partial charge in [-0.3, -0.25) is 14.9 Å². The Morgan fingerprint density at radius 2 is 1.90 bits per heavy atom. The standard InChI is InChI=1S/C15H25N3O2/c19-14-9-16-13(8-17-14)15(20)18(12-6-7-12)10-11-4-2-1-3-5-11/h11-13,16H,1-10H2,(H,17,19). The molecule has 0 aromatic rings. The molecule has 0 radical (unpaired) electrons. The van der Waals surface area contributed by atoms with Gasteiger partial charge in [-0.2, -0.15) is 0 Å². The summed E-state index contributed by atoms with van der Waals surface area (Å²) in [7, 11) is 0. The fourth-order valence-corrected chi connectivity index (χ4v) is 3.39. The van der Waals surface area contributed by atoms with Crippen LogP contribution in [0.5, 0.6) is 0 Å². The molecule has 1 saturated heterocycles. The first-order valence-corrected chi connectivity index (χ1v) is 8.04. The van der Waals surface area contributed by atoms with Crippen LogP contribution in [0.3, 0.4) is 0 Å². The highest BCUT2D eigenvalue weighted by Gasteiger charge is 2.38. The lowest BCUT2D eigenvalue weighted by Gasteiger charge is -2.34. The van der Waals surface area contributed by atoms with Gasteiger partial charge in [-0.15, -0.1) is 0 Å². The van der Waals surface area contributed by atoms with Crippen LogP contribution in [-0.2, 0) is 9.59 Å². The van der Waals surface area contributed by atoms with Gasteiger partial charge in [0.25, 0.3) is 0 Å². The van der Waals surface area contributed by atoms with Crippen molar-refractivity contribution in [3.05, 3.63) is 0 Å². The lowest BCUT2D eigenvalue weighted by molar-refractivity contribution is -0.136. The summed E-state index contributed by atoms with van der Waals surface area (Å²) in [6, 6.07) is 0.237. The Hall–Kier alpha value is -1.10. The van der Waals surface area contributed by atoms with Crippen LogP contribution in [0.4, 0.5) is 0 Å². The van der Waals surface area contributed by atoms with E-state index in [1.54, 1.807) is 0 Å². The fraction of sp³-hybridized carbons (Fsp3) is 0.867. The zero-order valence-corrected chi connectivity index (χ0v) is 12.1. The van der Waals surface area contributed by atoms with Crippen LogP contribution >= 0.6 is 0 Å². The molecular formula is C15H25N3O2. The number of carbonyl (C=O) groups excluding carboxylic acids is 2. The van der Waals surface area contributed by atoms with E-state index in [0.717, 1.165) is 19.4 Å². The third-order valence-electron chi connectivity index (χ3n) is 4.76. The highest BCUT2D eigenvalue weighted by molar-refractivity contribution is 5.87. The minimum atomic E-state index is -0.225. The average molecular weight is 279 g/mol. The van der Waals surface area contributed by atoms with Gasteiger partial charge in [-0.05, 0) is 31.6 Å². The largest absolute Gasteiger partial charge is 0.353 e. The van der Waals surface area contributed by atoms with Gasteiger partial charge in [0, 0.05) is 19.1 Å². The summed E-state index contributed by atoms with van der Waals surface area (Å²) in [5.41, 5.74) is 0. The molecule has 1 heterocycles. The zero-order chi connectivity index (χ0) is 13.9. The predicted octanol–water partition coefficient (Wildman–Crippen LogP) is 0.646. The molecule has 1 aliphatic heterocycles. The van der Waals surface area contributed by atoms with Crippen LogP contribution in [0.25, 0.3) is 0 Å². The third-order valence-corrected chi connectivity index (χ3v) is 4.76. The quantitative estimate of drug-likeness (QED) is 0.794. The molecule has 112 valence electrons. The molecule has 5 nitrogen and oxygen atoms in total. The summed E-state index contributed by atoms with van der Waals surface area (Å²) >= 11 is 0. The molecule has 2 amide bonds. The molecular weight excluding hydrogens is 254 g/mol. The summed E-state index contributed by atoms with van der Waals surface area (Å²) in [5.74, 6) is 0.865. The highest BCUT2D eigenvalue weighted by atomic mass is 16.2. The van der Waals surface area contributed by atoms with E-state index in [9.17, 15) is 9.59 Å². The Morgan fingerprint density at radius 1 is 1.15 bits per heavy atom. The molecule has 2 aliphatic carbocycles. The number of carbonyl (C=O) groups is 2. The number of hydrogen-bond acceptors (Lipinski definition) is 3. The number of nitrogens with zero attached hydrogens (tertiary/aromatic N) is 1. The molecule has 2 saturated carbocycles. The zero-order valence-electron chi connectivity index (χ0n) is 12.1. The Kier molecular flexibility index (Phi) is 4.24. The summed E-state index contributed by atoms with van der Waals surface area (Å²) in [5, 5.41) is 5.85. The molecule has 0 aromatic heterocycles. The number of rotatable bonds is 4. The molecule has 1 atom stereocenters. The van der Waals surface area contributed by atoms with Crippen molar-refractivity contribution in [3.8, 4) is 0 Å². The lowest BCUT2D eigenvalue weighted by atomic mass is 9.88. The minimum Gasteiger partial charge on any atom is -0.353 e. The van der Waals surface area contributed by atoms with Crippen LogP contribution in [0.15, 0.2) is 0 Å². The van der Waals surface area contributed by atoms with Crippen molar-refractivity contribution in [3.63, 3.8) is 0 Å². The van der Waals surface area contributed by atoms with E-state index in [1.165, 1.54) is 32.1 Å². The second-order valence-corrected chi connectivity index (χ2v) is 6.46. The number of nitrogens with one attached hydrogen (secondary N) is 2. The van der Waals surface area contributed by atoms with Crippen LogP contribution in [0.1, 0.15) is 44.9 Å². The maximum atomic E-state index is 12.7. The van der Waals surface area contributed by atoms with Gasteiger partial charge >= 0.3 is 0 Å². The van der Waals surface area contributed by atoms with Crippen molar-refractivity contribution in [2.75, 3.05) is 19.6 Å². The highest BCUT2D eigenvalue weighted by Crippen LogP contribution is 2.31. The van der Waals surface area contributed by atoms with E-state index >= 15 is 0 Å². The van der Waals surface area contributed by atoms with Crippen LogP contribution < -0.4 is 10.6 Å². The third kappa shape index (κ3) is 3.32. The SMILES string of the molecule is O=C1CNC(C(=O)N(CC2CCCCC2)C2CC2)CN1. The Balaban J connectivity index is 1.58. The summed E-state index contributed by atoms with van der Waals surface area (Å²) < 4.78 is 0. The predicted molar refractivity (Wildman–Crippen MR) is 76.1 cm³/mol. The smallest absolute Gasteiger partial charge is 0.241 e. The molecule has 0 aromatic carbocycles. The van der Waals surface area contributed by atoms with E-state index < -0.39 is 0 Å². The number of piperazine rings is 1. The van der Waals surface area contributed by atoms with Crippen molar-refractivity contribution < 1.29 is 9.59 Å². The minimum absolute atomic E-state index is 0.0145. The van der Waals surface area contributed by atoms with Gasteiger partial charge in [0.15, 0.2) is 0 Å².